The number of nitrogens with zero attached hydrogens (tertiary/aromatic N) is 1. The lowest BCUT2D eigenvalue weighted by atomic mass is 10.2. The van der Waals surface area contributed by atoms with Gasteiger partial charge in [-0.15, -0.1) is 0 Å². The number of hydrogen-bond donors (Lipinski definition) is 0. The molecule has 0 radical (unpaired) electrons. The summed E-state index contributed by atoms with van der Waals surface area (Å²) in [5.41, 5.74) is 0. The van der Waals surface area contributed by atoms with Gasteiger partial charge in [-0.3, -0.25) is 0 Å². The van der Waals surface area contributed by atoms with Crippen molar-refractivity contribution in [3.8, 4) is 0 Å². The third-order valence-corrected chi connectivity index (χ3v) is 10.3. The molecule has 18 heavy (non-hydrogen) atoms. The first-order valence-electron chi connectivity index (χ1n) is 6.75. The Bertz CT molecular complexity index is 333. The van der Waals surface area contributed by atoms with E-state index in [9.17, 15) is 0 Å². The summed E-state index contributed by atoms with van der Waals surface area (Å²) in [5, 5.41) is 1.64. The van der Waals surface area contributed by atoms with Crippen molar-refractivity contribution in [1.29, 1.82) is 0 Å². The lowest BCUT2D eigenvalue weighted by molar-refractivity contribution is 0.475. The van der Waals surface area contributed by atoms with Crippen LogP contribution in [0, 0.1) is 0 Å². The molecular weight excluding hydrogens is 254 g/mol. The van der Waals surface area contributed by atoms with Crippen LogP contribution < -0.4 is 0 Å². The molecule has 0 aromatic carbocycles. The summed E-state index contributed by atoms with van der Waals surface area (Å²) in [6.07, 6.45) is 4.02. The van der Waals surface area contributed by atoms with E-state index in [0.29, 0.717) is 5.04 Å². The maximum absolute atomic E-state index is 5.72. The summed E-state index contributed by atoms with van der Waals surface area (Å²) < 4.78 is 0. The zero-order chi connectivity index (χ0) is 14.6. The van der Waals surface area contributed by atoms with E-state index < -0.39 is 8.07 Å². The zero-order valence-corrected chi connectivity index (χ0v) is 14.9. The Morgan fingerprint density at radius 1 is 1.22 bits per heavy atom. The Kier molecular flexibility index (Phi) is 6.51. The Morgan fingerprint density at radius 3 is 1.94 bits per heavy atom. The first-order chi connectivity index (χ1) is 8.13. The third kappa shape index (κ3) is 3.79. The van der Waals surface area contributed by atoms with Crippen molar-refractivity contribution in [2.45, 2.75) is 52.8 Å². The predicted octanol–water partition coefficient (Wildman–Crippen LogP) is 4.82. The monoisotopic (exact) mass is 283 g/mol. The van der Waals surface area contributed by atoms with Gasteiger partial charge in [-0.25, -0.2) is 0 Å². The lowest BCUT2D eigenvalue weighted by Crippen LogP contribution is -2.46. The maximum Gasteiger partial charge on any atom is 0.101 e. The van der Waals surface area contributed by atoms with Gasteiger partial charge in [0.25, 0.3) is 0 Å². The summed E-state index contributed by atoms with van der Waals surface area (Å²) in [6.45, 7) is 21.9. The highest BCUT2D eigenvalue weighted by atomic mass is 32.1. The van der Waals surface area contributed by atoms with Crippen LogP contribution >= 0.6 is 12.2 Å². The molecule has 0 aromatic rings. The smallest absolute Gasteiger partial charge is 0.101 e. The Hall–Kier alpha value is -0.413. The van der Waals surface area contributed by atoms with Crippen LogP contribution in [-0.2, 0) is 0 Å². The van der Waals surface area contributed by atoms with Crippen molar-refractivity contribution in [3.63, 3.8) is 0 Å². The molecule has 0 unspecified atom stereocenters. The topological polar surface area (TPSA) is 3.24 Å². The molecule has 0 heterocycles. The van der Waals surface area contributed by atoms with Crippen molar-refractivity contribution in [3.05, 3.63) is 23.9 Å². The van der Waals surface area contributed by atoms with Crippen LogP contribution in [0.3, 0.4) is 0 Å². The van der Waals surface area contributed by atoms with Crippen LogP contribution in [0.1, 0.15) is 34.6 Å². The first-order valence-corrected chi connectivity index (χ1v) is 10.2. The van der Waals surface area contributed by atoms with Gasteiger partial charge in [0.2, 0.25) is 0 Å². The highest BCUT2D eigenvalue weighted by Gasteiger charge is 2.40. The molecule has 0 aliphatic carbocycles. The van der Waals surface area contributed by atoms with Gasteiger partial charge in [-0.1, -0.05) is 64.8 Å². The molecule has 0 N–H and O–H groups in total. The van der Waals surface area contributed by atoms with Crippen LogP contribution in [-0.4, -0.2) is 31.1 Å². The zero-order valence-electron chi connectivity index (χ0n) is 13.1. The van der Waals surface area contributed by atoms with E-state index >= 15 is 0 Å². The van der Waals surface area contributed by atoms with Gasteiger partial charge in [-0.2, -0.15) is 0 Å². The van der Waals surface area contributed by atoms with Gasteiger partial charge in [0, 0.05) is 13.1 Å². The van der Waals surface area contributed by atoms with Gasteiger partial charge in [0.1, 0.15) is 4.99 Å². The molecule has 0 aliphatic heterocycles. The minimum atomic E-state index is -1.61. The lowest BCUT2D eigenvalue weighted by Gasteiger charge is -2.41. The standard InChI is InChI=1S/C15H29NSSi/c1-9-12-13(14(17)16(10-2)11-3)18(7,8)15(4,5)6/h9,12H,1,10-11H2,2-8H3/b13-12-. The molecule has 0 amide bonds. The maximum atomic E-state index is 5.72. The number of allylic oxidation sites excluding steroid dienone is 2. The average Bonchev–Trinajstić information content (AvgIpc) is 2.25. The molecule has 0 aromatic heterocycles. The van der Waals surface area contributed by atoms with E-state index in [0.717, 1.165) is 18.1 Å². The van der Waals surface area contributed by atoms with Crippen molar-refractivity contribution in [2.75, 3.05) is 13.1 Å². The second-order valence-corrected chi connectivity index (χ2v) is 11.8. The van der Waals surface area contributed by atoms with E-state index in [4.69, 9.17) is 12.2 Å². The summed E-state index contributed by atoms with van der Waals surface area (Å²) in [5.74, 6) is 0. The molecule has 0 rings (SSSR count). The van der Waals surface area contributed by atoms with Gasteiger partial charge in [0.05, 0.1) is 8.07 Å². The number of thiocarbonyl (C=S) groups is 1. The van der Waals surface area contributed by atoms with Gasteiger partial charge in [-0.05, 0) is 24.1 Å². The predicted molar refractivity (Wildman–Crippen MR) is 91.0 cm³/mol. The molecule has 1 nitrogen and oxygen atoms in total. The molecule has 0 saturated carbocycles. The summed E-state index contributed by atoms with van der Waals surface area (Å²) in [4.78, 5) is 3.29. The highest BCUT2D eigenvalue weighted by Crippen LogP contribution is 2.41. The van der Waals surface area contributed by atoms with Crippen molar-refractivity contribution in [2.24, 2.45) is 0 Å². The van der Waals surface area contributed by atoms with Crippen LogP contribution in [0.2, 0.25) is 18.1 Å². The van der Waals surface area contributed by atoms with Crippen LogP contribution in [0.25, 0.3) is 0 Å². The fraction of sp³-hybridized carbons (Fsp3) is 0.667. The molecule has 0 atom stereocenters. The molecule has 3 heteroatoms. The summed E-state index contributed by atoms with van der Waals surface area (Å²) >= 11 is 5.72. The minimum absolute atomic E-state index is 0.291. The Labute approximate surface area is 120 Å². The van der Waals surface area contributed by atoms with Gasteiger partial charge < -0.3 is 4.90 Å². The Balaban J connectivity index is 5.55. The number of rotatable bonds is 5. The van der Waals surface area contributed by atoms with E-state index in [1.54, 1.807) is 0 Å². The molecule has 0 aliphatic rings. The van der Waals surface area contributed by atoms with Crippen LogP contribution in [0.4, 0.5) is 0 Å². The van der Waals surface area contributed by atoms with Gasteiger partial charge >= 0.3 is 0 Å². The molecule has 0 saturated heterocycles. The molecule has 0 bridgehead atoms. The highest BCUT2D eigenvalue weighted by molar-refractivity contribution is 7.81. The SMILES string of the molecule is C=C/C=C(/C(=S)N(CC)CC)[Si](C)(C)C(C)(C)C. The van der Waals surface area contributed by atoms with Crippen molar-refractivity contribution in [1.82, 2.24) is 4.90 Å². The molecule has 0 spiro atoms. The van der Waals surface area contributed by atoms with E-state index in [-0.39, 0.29) is 0 Å². The normalized spacial score (nSPS) is 13.4. The minimum Gasteiger partial charge on any atom is -0.363 e. The first kappa shape index (κ1) is 17.6. The molecular formula is C15H29NSSi. The summed E-state index contributed by atoms with van der Waals surface area (Å²) in [6, 6.07) is 0. The number of likely N-dealkylation sites (N-methyl/N-ethyl adjacent to an activating group) is 1. The molecule has 104 valence electrons. The van der Waals surface area contributed by atoms with Crippen LogP contribution in [0.5, 0.6) is 0 Å². The Morgan fingerprint density at radius 2 is 1.67 bits per heavy atom. The fourth-order valence-electron chi connectivity index (χ4n) is 1.75. The summed E-state index contributed by atoms with van der Waals surface area (Å²) in [7, 11) is -1.61. The number of hydrogen-bond acceptors (Lipinski definition) is 1. The second-order valence-electron chi connectivity index (χ2n) is 6.17. The van der Waals surface area contributed by atoms with Gasteiger partial charge in [0.15, 0.2) is 0 Å². The average molecular weight is 284 g/mol. The molecule has 0 fully saturated rings. The second kappa shape index (κ2) is 6.67. The van der Waals surface area contributed by atoms with E-state index in [2.05, 4.69) is 65.3 Å². The largest absolute Gasteiger partial charge is 0.363 e. The van der Waals surface area contributed by atoms with E-state index in [1.807, 2.05) is 6.08 Å². The van der Waals surface area contributed by atoms with Crippen LogP contribution in [0.15, 0.2) is 23.9 Å². The third-order valence-electron chi connectivity index (χ3n) is 4.11. The quantitative estimate of drug-likeness (QED) is 0.308. The van der Waals surface area contributed by atoms with Crippen molar-refractivity contribution >= 4 is 25.3 Å². The van der Waals surface area contributed by atoms with Crippen molar-refractivity contribution < 1.29 is 0 Å². The fourth-order valence-corrected chi connectivity index (χ4v) is 4.88. The van der Waals surface area contributed by atoms with E-state index in [1.165, 1.54) is 5.20 Å².